The lowest BCUT2D eigenvalue weighted by molar-refractivity contribution is -0.137. The maximum absolute atomic E-state index is 15.1. The van der Waals surface area contributed by atoms with Gasteiger partial charge in [-0.2, -0.15) is 13.2 Å². The van der Waals surface area contributed by atoms with E-state index in [1.807, 2.05) is 0 Å². The highest BCUT2D eigenvalue weighted by molar-refractivity contribution is 7.98. The molecule has 1 saturated heterocycles. The highest BCUT2D eigenvalue weighted by Gasteiger charge is 2.31. The average Bonchev–Trinajstić information content (AvgIpc) is 3.22. The SMILES string of the molecule is [2H]c1c(C)c([2H])c2c(c1[2H])c(=O)c([2H])c(SC([2H])([2H])c1cccc(F)c1F)n2CC(=O)N(C1CCN(C([2H])([2H])COC)CC1)C([2H])([2H])c1ccc(-c2ccc(C(F)(F)F)cc2)cc1. The van der Waals surface area contributed by atoms with Crippen LogP contribution in [0.1, 0.15) is 48.8 Å². The standard InChI is InChI=1S/C41H40F5N3O3S/c1-27-6-15-34-36(22-27)49(39(23-37(34)50)53-26-31-4-3-5-35(42)40(31)43)25-38(51)48(33-16-18-47(19-17-33)20-21-52-2)24-28-7-9-29(10-8-28)30-11-13-32(14-12-30)41(44,45)46/h3-15,22-23,33H,16-21,24-26H2,1-2H3/i6D,15D,20D2,22D,23D,24D2,26D2. The number of carbonyl (C=O) groups is 1. The fourth-order valence-corrected chi connectivity index (χ4v) is 6.61. The summed E-state index contributed by atoms with van der Waals surface area (Å²) in [5, 5.41) is -1.28. The van der Waals surface area contributed by atoms with E-state index in [9.17, 15) is 25.1 Å². The van der Waals surface area contributed by atoms with Crippen LogP contribution in [0.4, 0.5) is 22.0 Å². The molecule has 12 heteroatoms. The van der Waals surface area contributed by atoms with E-state index in [1.165, 1.54) is 55.3 Å². The van der Waals surface area contributed by atoms with Gasteiger partial charge in [-0.05, 0) is 72.3 Å². The van der Waals surface area contributed by atoms with Gasteiger partial charge in [-0.3, -0.25) is 9.59 Å². The number of benzene rings is 4. The van der Waals surface area contributed by atoms with Gasteiger partial charge in [-0.15, -0.1) is 11.8 Å². The van der Waals surface area contributed by atoms with Crippen LogP contribution < -0.4 is 5.43 Å². The largest absolute Gasteiger partial charge is 0.416 e. The molecule has 1 aromatic heterocycles. The van der Waals surface area contributed by atoms with Crippen molar-refractivity contribution in [3.05, 3.63) is 135 Å². The van der Waals surface area contributed by atoms with Gasteiger partial charge in [0.15, 0.2) is 17.1 Å². The van der Waals surface area contributed by atoms with Crippen molar-refractivity contribution in [2.45, 2.75) is 55.8 Å². The first-order valence-electron chi connectivity index (χ1n) is 21.4. The molecular formula is C41H40F5N3O3S. The van der Waals surface area contributed by atoms with Crippen molar-refractivity contribution in [1.29, 1.82) is 0 Å². The van der Waals surface area contributed by atoms with Gasteiger partial charge in [-0.1, -0.05) is 54.6 Å². The minimum absolute atomic E-state index is 0.0115. The van der Waals surface area contributed by atoms with Gasteiger partial charge in [-0.25, -0.2) is 8.78 Å². The molecule has 0 bridgehead atoms. The molecule has 6 nitrogen and oxygen atoms in total. The number of piperidine rings is 1. The van der Waals surface area contributed by atoms with E-state index < -0.39 is 112 Å². The fourth-order valence-electron chi connectivity index (χ4n) is 5.83. The van der Waals surface area contributed by atoms with E-state index in [2.05, 4.69) is 0 Å². The molecule has 53 heavy (non-hydrogen) atoms. The van der Waals surface area contributed by atoms with E-state index in [0.717, 1.165) is 39.8 Å². The van der Waals surface area contributed by atoms with Crippen molar-refractivity contribution in [2.75, 3.05) is 33.3 Å². The quantitative estimate of drug-likeness (QED) is 0.0942. The summed E-state index contributed by atoms with van der Waals surface area (Å²) < 4.78 is 164. The first kappa shape index (κ1) is 27.1. The zero-order valence-electron chi connectivity index (χ0n) is 38.5. The number of alkyl halides is 3. The van der Waals surface area contributed by atoms with Gasteiger partial charge in [0, 0.05) is 67.4 Å². The van der Waals surface area contributed by atoms with Gasteiger partial charge < -0.3 is 19.1 Å². The van der Waals surface area contributed by atoms with Gasteiger partial charge in [0.05, 0.1) is 30.9 Å². The number of rotatable bonds is 12. The number of fused-ring (bicyclic) bond motifs is 1. The van der Waals surface area contributed by atoms with Crippen LogP contribution in [-0.4, -0.2) is 59.6 Å². The highest BCUT2D eigenvalue weighted by Crippen LogP contribution is 2.32. The Labute approximate surface area is 323 Å². The van der Waals surface area contributed by atoms with E-state index in [1.54, 1.807) is 0 Å². The number of aromatic nitrogens is 1. The number of ether oxygens (including phenoxy) is 1. The van der Waals surface area contributed by atoms with Crippen LogP contribution in [0.3, 0.4) is 0 Å². The Bertz CT molecular complexity index is 2610. The smallest absolute Gasteiger partial charge is 0.383 e. The second kappa shape index (κ2) is 16.7. The molecule has 6 rings (SSSR count). The molecule has 0 saturated carbocycles. The number of carbonyl (C=O) groups excluding carboxylic acids is 1. The van der Waals surface area contributed by atoms with Crippen molar-refractivity contribution in [3.63, 3.8) is 0 Å². The predicted octanol–water partition coefficient (Wildman–Crippen LogP) is 8.71. The number of hydrogen-bond acceptors (Lipinski definition) is 5. The van der Waals surface area contributed by atoms with E-state index in [0.29, 0.717) is 11.1 Å². The number of halogens is 5. The first-order valence-corrected chi connectivity index (χ1v) is 17.3. The molecule has 1 fully saturated rings. The molecule has 2 heterocycles. The second-order valence-electron chi connectivity index (χ2n) is 12.2. The summed E-state index contributed by atoms with van der Waals surface area (Å²) in [7, 11) is 1.33. The number of pyridine rings is 1. The lowest BCUT2D eigenvalue weighted by Crippen LogP contribution is -2.48. The highest BCUT2D eigenvalue weighted by atomic mass is 32.2. The van der Waals surface area contributed by atoms with Gasteiger partial charge in [0.1, 0.15) is 6.54 Å². The molecule has 0 unspecified atom stereocenters. The molecule has 5 aromatic rings. The number of nitrogens with zero attached hydrogens (tertiary/aromatic N) is 3. The molecule has 1 aliphatic rings. The van der Waals surface area contributed by atoms with E-state index in [-0.39, 0.29) is 55.4 Å². The van der Waals surface area contributed by atoms with E-state index >= 15 is 9.18 Å². The number of amides is 1. The molecule has 1 amide bonds. The normalized spacial score (nSPS) is 17.7. The van der Waals surface area contributed by atoms with Gasteiger partial charge >= 0.3 is 6.18 Å². The van der Waals surface area contributed by atoms with Crippen molar-refractivity contribution in [1.82, 2.24) is 14.4 Å². The van der Waals surface area contributed by atoms with Crippen molar-refractivity contribution < 1.29 is 45.2 Å². The summed E-state index contributed by atoms with van der Waals surface area (Å²) in [5.74, 6) is -4.01. The number of hydrogen-bond donors (Lipinski definition) is 0. The Hall–Kier alpha value is -4.52. The van der Waals surface area contributed by atoms with Crippen LogP contribution in [0.5, 0.6) is 0 Å². The van der Waals surface area contributed by atoms with Crippen molar-refractivity contribution in [3.8, 4) is 11.1 Å². The zero-order valence-corrected chi connectivity index (χ0v) is 29.4. The van der Waals surface area contributed by atoms with E-state index in [4.69, 9.17) is 15.7 Å². The lowest BCUT2D eigenvalue weighted by Gasteiger charge is -2.39. The fraction of sp³-hybridized carbons (Fsp3) is 0.317. The summed E-state index contributed by atoms with van der Waals surface area (Å²) in [6.07, 6.45) is -4.55. The lowest BCUT2D eigenvalue weighted by atomic mass is 10.00. The predicted molar refractivity (Wildman–Crippen MR) is 198 cm³/mol. The zero-order chi connectivity index (χ0) is 46.6. The Morgan fingerprint density at radius 3 is 2.34 bits per heavy atom. The Balaban J connectivity index is 1.50. The van der Waals surface area contributed by atoms with Crippen molar-refractivity contribution in [2.24, 2.45) is 0 Å². The summed E-state index contributed by atoms with van der Waals surface area (Å²) in [6, 6.07) is 8.89. The molecule has 4 aromatic carbocycles. The summed E-state index contributed by atoms with van der Waals surface area (Å²) >= 11 is 0.0548. The second-order valence-corrected chi connectivity index (χ2v) is 13.0. The molecule has 0 radical (unpaired) electrons. The number of methoxy groups -OCH3 is 1. The maximum Gasteiger partial charge on any atom is 0.416 e. The first-order chi connectivity index (χ1) is 29.3. The monoisotopic (exact) mass is 759 g/mol. The number of likely N-dealkylation sites (tertiary alicyclic amines) is 1. The molecular weight excluding hydrogens is 710 g/mol. The molecule has 1 aliphatic heterocycles. The molecule has 0 aliphatic carbocycles. The average molecular weight is 760 g/mol. The van der Waals surface area contributed by atoms with Gasteiger partial charge in [0.2, 0.25) is 5.91 Å². The van der Waals surface area contributed by atoms with Crippen LogP contribution in [0.2, 0.25) is 0 Å². The number of thioether (sulfide) groups is 1. The molecule has 0 atom stereocenters. The van der Waals surface area contributed by atoms with Crippen LogP contribution in [0.15, 0.2) is 101 Å². The maximum atomic E-state index is 15.1. The summed E-state index contributed by atoms with van der Waals surface area (Å²) in [6.45, 7) is -4.59. The summed E-state index contributed by atoms with van der Waals surface area (Å²) in [4.78, 5) is 31.3. The third kappa shape index (κ3) is 9.17. The van der Waals surface area contributed by atoms with Crippen LogP contribution in [0.25, 0.3) is 22.0 Å². The minimum atomic E-state index is -4.57. The van der Waals surface area contributed by atoms with Crippen molar-refractivity contribution >= 4 is 28.6 Å². The Morgan fingerprint density at radius 2 is 1.68 bits per heavy atom. The van der Waals surface area contributed by atoms with Crippen LogP contribution in [-0.2, 0) is 34.5 Å². The molecule has 0 N–H and O–H groups in total. The van der Waals surface area contributed by atoms with Gasteiger partial charge in [0.25, 0.3) is 0 Å². The third-order valence-electron chi connectivity index (χ3n) is 8.59. The molecule has 0 spiro atoms. The van der Waals surface area contributed by atoms with Crippen LogP contribution in [0, 0.1) is 18.6 Å². The Kier molecular flexibility index (Phi) is 8.52. The van der Waals surface area contributed by atoms with Crippen LogP contribution >= 0.6 is 11.8 Å². The topological polar surface area (TPSA) is 54.8 Å². The molecule has 278 valence electrons. The Morgan fingerprint density at radius 1 is 1.00 bits per heavy atom. The summed E-state index contributed by atoms with van der Waals surface area (Å²) in [5.41, 5.74) is -5.73. The third-order valence-corrected chi connectivity index (χ3v) is 9.43. The minimum Gasteiger partial charge on any atom is -0.383 e.